The van der Waals surface area contributed by atoms with E-state index >= 15 is 0 Å². The van der Waals surface area contributed by atoms with Gasteiger partial charge in [-0.1, -0.05) is 25.1 Å². The highest BCUT2D eigenvalue weighted by Crippen LogP contribution is 2.38. The lowest BCUT2D eigenvalue weighted by Crippen LogP contribution is -2.49. The smallest absolute Gasteiger partial charge is 0.0976 e. The van der Waals surface area contributed by atoms with E-state index in [1.54, 1.807) is 6.20 Å². The van der Waals surface area contributed by atoms with Crippen LogP contribution in [0.4, 0.5) is 0 Å². The van der Waals surface area contributed by atoms with E-state index in [2.05, 4.69) is 35.9 Å². The monoisotopic (exact) mass is 284 g/mol. The predicted octanol–water partition coefficient (Wildman–Crippen LogP) is 3.53. The number of benzene rings is 1. The minimum atomic E-state index is -0.480. The number of nitrogens with zero attached hydrogens (tertiary/aromatic N) is 2. The van der Waals surface area contributed by atoms with Gasteiger partial charge in [0.1, 0.15) is 0 Å². The van der Waals surface area contributed by atoms with E-state index in [0.29, 0.717) is 0 Å². The summed E-state index contributed by atoms with van der Waals surface area (Å²) in [5.41, 5.74) is 0.819. The fourth-order valence-electron chi connectivity index (χ4n) is 3.54. The molecule has 2 unspecified atom stereocenters. The van der Waals surface area contributed by atoms with Crippen LogP contribution in [0.25, 0.3) is 10.8 Å². The molecule has 1 N–H and O–H groups in total. The van der Waals surface area contributed by atoms with Crippen molar-refractivity contribution in [1.29, 1.82) is 0 Å². The van der Waals surface area contributed by atoms with Crippen LogP contribution < -0.4 is 0 Å². The number of aliphatic hydroxyl groups excluding tert-OH is 1. The first kappa shape index (κ1) is 14.5. The van der Waals surface area contributed by atoms with E-state index in [0.717, 1.165) is 35.8 Å². The van der Waals surface area contributed by atoms with Crippen LogP contribution in [0.15, 0.2) is 36.7 Å². The number of aliphatic hydroxyl groups is 1. The molecule has 3 rings (SSSR count). The quantitative estimate of drug-likeness (QED) is 0.933. The molecule has 1 aliphatic heterocycles. The largest absolute Gasteiger partial charge is 0.386 e. The molecule has 0 amide bonds. The zero-order valence-electron chi connectivity index (χ0n) is 12.9. The first-order chi connectivity index (χ1) is 10.2. The summed E-state index contributed by atoms with van der Waals surface area (Å²) in [6, 6.07) is 8.13. The molecule has 2 atom stereocenters. The van der Waals surface area contributed by atoms with Crippen LogP contribution in [-0.2, 0) is 0 Å². The lowest BCUT2D eigenvalue weighted by molar-refractivity contribution is -0.0132. The topological polar surface area (TPSA) is 36.4 Å². The van der Waals surface area contributed by atoms with Crippen molar-refractivity contribution in [2.45, 2.75) is 44.8 Å². The molecule has 2 heterocycles. The molecular formula is C18H24N2O. The van der Waals surface area contributed by atoms with Gasteiger partial charge in [0, 0.05) is 23.3 Å². The van der Waals surface area contributed by atoms with Gasteiger partial charge in [0.15, 0.2) is 0 Å². The Labute approximate surface area is 126 Å². The zero-order chi connectivity index (χ0) is 14.9. The van der Waals surface area contributed by atoms with Crippen LogP contribution in [0.1, 0.15) is 44.8 Å². The zero-order valence-corrected chi connectivity index (χ0v) is 12.9. The molecule has 1 aromatic heterocycles. The molecule has 1 aromatic carbocycles. The maximum absolute atomic E-state index is 11.1. The summed E-state index contributed by atoms with van der Waals surface area (Å²) in [4.78, 5) is 6.64. The number of likely N-dealkylation sites (tertiary alicyclic amines) is 1. The van der Waals surface area contributed by atoms with Gasteiger partial charge in [-0.25, -0.2) is 0 Å². The Morgan fingerprint density at radius 1 is 1.29 bits per heavy atom. The summed E-state index contributed by atoms with van der Waals surface area (Å²) < 4.78 is 0. The van der Waals surface area contributed by atoms with Gasteiger partial charge < -0.3 is 5.11 Å². The number of fused-ring (bicyclic) bond motifs is 1. The second kappa shape index (κ2) is 5.74. The number of hydrogen-bond acceptors (Lipinski definition) is 3. The van der Waals surface area contributed by atoms with Gasteiger partial charge >= 0.3 is 0 Å². The van der Waals surface area contributed by atoms with Crippen LogP contribution >= 0.6 is 0 Å². The van der Waals surface area contributed by atoms with Gasteiger partial charge in [-0.15, -0.1) is 0 Å². The molecule has 1 fully saturated rings. The number of aromatic nitrogens is 1. The Hall–Kier alpha value is -1.45. The summed E-state index contributed by atoms with van der Waals surface area (Å²) >= 11 is 0. The highest BCUT2D eigenvalue weighted by Gasteiger charge is 2.39. The summed E-state index contributed by atoms with van der Waals surface area (Å²) in [7, 11) is 0. The Morgan fingerprint density at radius 2 is 2.05 bits per heavy atom. The summed E-state index contributed by atoms with van der Waals surface area (Å²) in [5, 5.41) is 13.3. The van der Waals surface area contributed by atoms with Crippen LogP contribution in [0, 0.1) is 0 Å². The Balaban J connectivity index is 2.04. The Bertz CT molecular complexity index is 616. The molecule has 3 nitrogen and oxygen atoms in total. The summed E-state index contributed by atoms with van der Waals surface area (Å²) in [6.07, 6.45) is 6.60. The molecule has 0 radical (unpaired) electrons. The van der Waals surface area contributed by atoms with Crippen molar-refractivity contribution < 1.29 is 5.11 Å². The van der Waals surface area contributed by atoms with Crippen molar-refractivity contribution in [1.82, 2.24) is 9.88 Å². The SMILES string of the molecule is CCC(C)(C(O)c1cccc2cnccc12)N1CCCC1. The third-order valence-corrected chi connectivity index (χ3v) is 5.14. The standard InChI is InChI=1S/C18H24N2O/c1-3-18(2,20-11-4-5-12-20)17(21)16-8-6-7-14-13-19-10-9-15(14)16/h6-10,13,17,21H,3-5,11-12H2,1-2H3. The molecule has 0 spiro atoms. The van der Waals surface area contributed by atoms with E-state index in [9.17, 15) is 5.11 Å². The average molecular weight is 284 g/mol. The highest BCUT2D eigenvalue weighted by molar-refractivity contribution is 5.85. The van der Waals surface area contributed by atoms with E-state index < -0.39 is 6.10 Å². The lowest BCUT2D eigenvalue weighted by atomic mass is 9.84. The molecule has 0 aliphatic carbocycles. The molecule has 21 heavy (non-hydrogen) atoms. The van der Waals surface area contributed by atoms with E-state index in [1.165, 1.54) is 12.8 Å². The van der Waals surface area contributed by atoms with E-state index in [-0.39, 0.29) is 5.54 Å². The number of rotatable bonds is 4. The Kier molecular flexibility index (Phi) is 3.96. The summed E-state index contributed by atoms with van der Waals surface area (Å²) in [6.45, 7) is 6.55. The van der Waals surface area contributed by atoms with Crippen molar-refractivity contribution in [2.24, 2.45) is 0 Å². The second-order valence-electron chi connectivity index (χ2n) is 6.25. The summed E-state index contributed by atoms with van der Waals surface area (Å²) in [5.74, 6) is 0. The molecule has 112 valence electrons. The van der Waals surface area contributed by atoms with Gasteiger partial charge in [-0.2, -0.15) is 0 Å². The fraction of sp³-hybridized carbons (Fsp3) is 0.500. The second-order valence-corrected chi connectivity index (χ2v) is 6.25. The van der Waals surface area contributed by atoms with Crippen LogP contribution in [0.3, 0.4) is 0 Å². The maximum atomic E-state index is 11.1. The van der Waals surface area contributed by atoms with Crippen molar-refractivity contribution in [3.05, 3.63) is 42.2 Å². The van der Waals surface area contributed by atoms with Crippen molar-refractivity contribution >= 4 is 10.8 Å². The van der Waals surface area contributed by atoms with Gasteiger partial charge in [-0.3, -0.25) is 9.88 Å². The third kappa shape index (κ3) is 2.45. The maximum Gasteiger partial charge on any atom is 0.0976 e. The molecule has 1 saturated heterocycles. The highest BCUT2D eigenvalue weighted by atomic mass is 16.3. The lowest BCUT2D eigenvalue weighted by Gasteiger charge is -2.42. The number of pyridine rings is 1. The first-order valence-electron chi connectivity index (χ1n) is 7.92. The predicted molar refractivity (Wildman–Crippen MR) is 86.2 cm³/mol. The van der Waals surface area contributed by atoms with Crippen LogP contribution in [-0.4, -0.2) is 33.6 Å². The van der Waals surface area contributed by atoms with Crippen LogP contribution in [0.5, 0.6) is 0 Å². The van der Waals surface area contributed by atoms with Crippen molar-refractivity contribution in [2.75, 3.05) is 13.1 Å². The average Bonchev–Trinajstić information content (AvgIpc) is 3.08. The van der Waals surface area contributed by atoms with Crippen molar-refractivity contribution in [3.63, 3.8) is 0 Å². The van der Waals surface area contributed by atoms with Gasteiger partial charge in [-0.05, 0) is 56.3 Å². The molecule has 1 aliphatic rings. The normalized spacial score (nSPS) is 20.5. The van der Waals surface area contributed by atoms with Gasteiger partial charge in [0.2, 0.25) is 0 Å². The van der Waals surface area contributed by atoms with Crippen LogP contribution in [0.2, 0.25) is 0 Å². The molecule has 0 saturated carbocycles. The third-order valence-electron chi connectivity index (χ3n) is 5.14. The first-order valence-corrected chi connectivity index (χ1v) is 7.92. The Morgan fingerprint density at radius 3 is 2.76 bits per heavy atom. The minimum absolute atomic E-state index is 0.200. The molecule has 2 aromatic rings. The van der Waals surface area contributed by atoms with Gasteiger partial charge in [0.05, 0.1) is 6.10 Å². The van der Waals surface area contributed by atoms with Gasteiger partial charge in [0.25, 0.3) is 0 Å². The van der Waals surface area contributed by atoms with Crippen molar-refractivity contribution in [3.8, 4) is 0 Å². The minimum Gasteiger partial charge on any atom is -0.386 e. The number of hydrogen-bond donors (Lipinski definition) is 1. The van der Waals surface area contributed by atoms with E-state index in [1.807, 2.05) is 18.3 Å². The fourth-order valence-corrected chi connectivity index (χ4v) is 3.54. The molecular weight excluding hydrogens is 260 g/mol. The molecule has 3 heteroatoms. The molecule has 0 bridgehead atoms. The van der Waals surface area contributed by atoms with E-state index in [4.69, 9.17) is 0 Å².